The molecule has 1 N–H and O–H groups in total. The van der Waals surface area contributed by atoms with Crippen LogP contribution in [0.4, 0.5) is 5.13 Å². The standard InChI is InChI=1S/C8H10ClN3S/c1-3-5-10-8-12-11-7(13-8)6(9)4-2/h3-4,6H,1-2,5H2,(H,10,12). The first-order chi connectivity index (χ1) is 6.27. The molecule has 0 saturated heterocycles. The SMILES string of the molecule is C=CCNc1nnc(C(Cl)C=C)s1. The predicted octanol–water partition coefficient (Wildman–Crippen LogP) is 2.60. The highest BCUT2D eigenvalue weighted by Crippen LogP contribution is 2.26. The number of allylic oxidation sites excluding steroid dienone is 1. The molecule has 0 bridgehead atoms. The van der Waals surface area contributed by atoms with Crippen LogP contribution >= 0.6 is 22.9 Å². The Hall–Kier alpha value is -0.870. The van der Waals surface area contributed by atoms with Crippen molar-refractivity contribution in [3.05, 3.63) is 30.3 Å². The molecule has 1 rings (SSSR count). The van der Waals surface area contributed by atoms with E-state index in [4.69, 9.17) is 11.6 Å². The van der Waals surface area contributed by atoms with E-state index in [1.54, 1.807) is 12.2 Å². The first-order valence-corrected chi connectivity index (χ1v) is 4.98. The van der Waals surface area contributed by atoms with Gasteiger partial charge in [-0.1, -0.05) is 23.5 Å². The van der Waals surface area contributed by atoms with E-state index in [1.165, 1.54) is 11.3 Å². The molecule has 0 fully saturated rings. The third kappa shape index (κ3) is 2.82. The Morgan fingerprint density at radius 3 is 2.92 bits per heavy atom. The molecule has 1 aromatic rings. The summed E-state index contributed by atoms with van der Waals surface area (Å²) in [5.41, 5.74) is 0. The fraction of sp³-hybridized carbons (Fsp3) is 0.250. The molecule has 0 spiro atoms. The van der Waals surface area contributed by atoms with Gasteiger partial charge < -0.3 is 5.32 Å². The molecular weight excluding hydrogens is 206 g/mol. The fourth-order valence-corrected chi connectivity index (χ4v) is 1.58. The summed E-state index contributed by atoms with van der Waals surface area (Å²) >= 11 is 7.30. The number of aromatic nitrogens is 2. The lowest BCUT2D eigenvalue weighted by molar-refractivity contribution is 1.00. The van der Waals surface area contributed by atoms with Crippen molar-refractivity contribution >= 4 is 28.1 Å². The molecule has 1 atom stereocenters. The summed E-state index contributed by atoms with van der Waals surface area (Å²) in [6.45, 7) is 7.84. The van der Waals surface area contributed by atoms with Crippen molar-refractivity contribution in [2.45, 2.75) is 5.38 Å². The van der Waals surface area contributed by atoms with Crippen LogP contribution in [0.5, 0.6) is 0 Å². The summed E-state index contributed by atoms with van der Waals surface area (Å²) in [5.74, 6) is 0. The monoisotopic (exact) mass is 215 g/mol. The molecule has 0 aliphatic carbocycles. The minimum Gasteiger partial charge on any atom is -0.357 e. The van der Waals surface area contributed by atoms with Gasteiger partial charge in [0.15, 0.2) is 0 Å². The topological polar surface area (TPSA) is 37.8 Å². The Kier molecular flexibility index (Phi) is 3.92. The number of hydrogen-bond acceptors (Lipinski definition) is 4. The zero-order valence-corrected chi connectivity index (χ0v) is 8.61. The largest absolute Gasteiger partial charge is 0.357 e. The number of nitrogens with zero attached hydrogens (tertiary/aromatic N) is 2. The molecule has 1 unspecified atom stereocenters. The molecule has 13 heavy (non-hydrogen) atoms. The van der Waals surface area contributed by atoms with Crippen LogP contribution in [0.3, 0.4) is 0 Å². The van der Waals surface area contributed by atoms with Crippen molar-refractivity contribution in [1.29, 1.82) is 0 Å². The maximum Gasteiger partial charge on any atom is 0.205 e. The Bertz CT molecular complexity index is 297. The average molecular weight is 216 g/mol. The normalized spacial score (nSPS) is 12.1. The van der Waals surface area contributed by atoms with Gasteiger partial charge in [0.1, 0.15) is 10.4 Å². The van der Waals surface area contributed by atoms with Gasteiger partial charge in [0.25, 0.3) is 0 Å². The molecule has 1 heterocycles. The van der Waals surface area contributed by atoms with Crippen LogP contribution < -0.4 is 5.32 Å². The van der Waals surface area contributed by atoms with E-state index in [-0.39, 0.29) is 5.38 Å². The van der Waals surface area contributed by atoms with Crippen LogP contribution in [0.2, 0.25) is 0 Å². The lowest BCUT2D eigenvalue weighted by atomic mass is 10.4. The van der Waals surface area contributed by atoms with Gasteiger partial charge in [-0.15, -0.1) is 35.0 Å². The van der Waals surface area contributed by atoms with Crippen LogP contribution in [0, 0.1) is 0 Å². The van der Waals surface area contributed by atoms with Crippen LogP contribution in [0.25, 0.3) is 0 Å². The molecule has 3 nitrogen and oxygen atoms in total. The van der Waals surface area contributed by atoms with Crippen LogP contribution in [0.15, 0.2) is 25.3 Å². The summed E-state index contributed by atoms with van der Waals surface area (Å²) in [5, 5.41) is 12.1. The van der Waals surface area contributed by atoms with Crippen LogP contribution in [0.1, 0.15) is 10.4 Å². The molecule has 1 aromatic heterocycles. The fourth-order valence-electron chi connectivity index (χ4n) is 0.678. The van der Waals surface area contributed by atoms with Gasteiger partial charge in [0, 0.05) is 6.54 Å². The zero-order chi connectivity index (χ0) is 9.68. The van der Waals surface area contributed by atoms with Gasteiger partial charge in [-0.2, -0.15) is 0 Å². The Balaban J connectivity index is 2.62. The molecule has 0 amide bonds. The molecular formula is C8H10ClN3S. The first kappa shape index (κ1) is 10.2. The summed E-state index contributed by atoms with van der Waals surface area (Å²) < 4.78 is 0. The number of anilines is 1. The smallest absolute Gasteiger partial charge is 0.205 e. The number of halogens is 1. The summed E-state index contributed by atoms with van der Waals surface area (Å²) in [6, 6.07) is 0. The summed E-state index contributed by atoms with van der Waals surface area (Å²) in [7, 11) is 0. The van der Waals surface area contributed by atoms with E-state index >= 15 is 0 Å². The van der Waals surface area contributed by atoms with Gasteiger partial charge in [-0.25, -0.2) is 0 Å². The molecule has 0 radical (unpaired) electrons. The first-order valence-electron chi connectivity index (χ1n) is 3.72. The zero-order valence-electron chi connectivity index (χ0n) is 7.03. The highest BCUT2D eigenvalue weighted by molar-refractivity contribution is 7.15. The maximum atomic E-state index is 5.88. The van der Waals surface area contributed by atoms with Crippen molar-refractivity contribution < 1.29 is 0 Å². The minimum absolute atomic E-state index is 0.253. The number of alkyl halides is 1. The lowest BCUT2D eigenvalue weighted by Crippen LogP contribution is -1.96. The third-order valence-corrected chi connectivity index (χ3v) is 2.76. The highest BCUT2D eigenvalue weighted by Gasteiger charge is 2.09. The Morgan fingerprint density at radius 2 is 2.31 bits per heavy atom. The number of hydrogen-bond donors (Lipinski definition) is 1. The van der Waals surface area contributed by atoms with E-state index < -0.39 is 0 Å². The van der Waals surface area contributed by atoms with Crippen molar-refractivity contribution in [1.82, 2.24) is 10.2 Å². The number of rotatable bonds is 5. The second-order valence-corrected chi connectivity index (χ2v) is 3.73. The second-order valence-electron chi connectivity index (χ2n) is 2.25. The average Bonchev–Trinajstić information content (AvgIpc) is 2.62. The quantitative estimate of drug-likeness (QED) is 0.606. The van der Waals surface area contributed by atoms with Gasteiger partial charge >= 0.3 is 0 Å². The summed E-state index contributed by atoms with van der Waals surface area (Å²) in [6.07, 6.45) is 3.38. The van der Waals surface area contributed by atoms with E-state index in [9.17, 15) is 0 Å². The highest BCUT2D eigenvalue weighted by atomic mass is 35.5. The Morgan fingerprint density at radius 1 is 1.54 bits per heavy atom. The van der Waals surface area contributed by atoms with E-state index in [0.29, 0.717) is 6.54 Å². The Labute approximate surface area is 86.1 Å². The van der Waals surface area contributed by atoms with E-state index in [1.807, 2.05) is 0 Å². The van der Waals surface area contributed by atoms with E-state index in [2.05, 4.69) is 28.7 Å². The third-order valence-electron chi connectivity index (χ3n) is 1.28. The van der Waals surface area contributed by atoms with Crippen molar-refractivity contribution in [2.24, 2.45) is 0 Å². The lowest BCUT2D eigenvalue weighted by Gasteiger charge is -1.95. The molecule has 70 valence electrons. The second kappa shape index (κ2) is 4.99. The molecule has 0 saturated carbocycles. The molecule has 0 aliphatic heterocycles. The molecule has 0 aliphatic rings. The van der Waals surface area contributed by atoms with Crippen LogP contribution in [-0.4, -0.2) is 16.7 Å². The van der Waals surface area contributed by atoms with Gasteiger partial charge in [-0.3, -0.25) is 0 Å². The minimum atomic E-state index is -0.253. The molecule has 5 heteroatoms. The van der Waals surface area contributed by atoms with E-state index in [0.717, 1.165) is 10.1 Å². The molecule has 0 aromatic carbocycles. The van der Waals surface area contributed by atoms with Gasteiger partial charge in [0.05, 0.1) is 0 Å². The van der Waals surface area contributed by atoms with Crippen molar-refractivity contribution in [3.63, 3.8) is 0 Å². The van der Waals surface area contributed by atoms with Gasteiger partial charge in [0.2, 0.25) is 5.13 Å². The number of nitrogens with one attached hydrogen (secondary N) is 1. The predicted molar refractivity (Wildman–Crippen MR) is 57.4 cm³/mol. The summed E-state index contributed by atoms with van der Waals surface area (Å²) in [4.78, 5) is 0. The maximum absolute atomic E-state index is 5.88. The van der Waals surface area contributed by atoms with Crippen molar-refractivity contribution in [3.8, 4) is 0 Å². The van der Waals surface area contributed by atoms with Crippen LogP contribution in [-0.2, 0) is 0 Å². The van der Waals surface area contributed by atoms with Gasteiger partial charge in [-0.05, 0) is 0 Å². The van der Waals surface area contributed by atoms with Crippen molar-refractivity contribution in [2.75, 3.05) is 11.9 Å².